The Bertz CT molecular complexity index is 1120. The van der Waals surface area contributed by atoms with E-state index in [9.17, 15) is 22.7 Å². The van der Waals surface area contributed by atoms with Crippen molar-refractivity contribution in [3.05, 3.63) is 53.8 Å². The largest absolute Gasteiger partial charge is 0.488 e. The smallest absolute Gasteiger partial charge is 0.258 e. The summed E-state index contributed by atoms with van der Waals surface area (Å²) in [6.45, 7) is 3.74. The molecule has 1 amide bonds. The number of fused-ring (bicyclic) bond motifs is 1. The lowest BCUT2D eigenvalue weighted by molar-refractivity contribution is 0.0387. The van der Waals surface area contributed by atoms with E-state index in [1.807, 2.05) is 32.0 Å². The molecule has 0 fully saturated rings. The van der Waals surface area contributed by atoms with Gasteiger partial charge in [-0.2, -0.15) is 4.31 Å². The van der Waals surface area contributed by atoms with Gasteiger partial charge in [0, 0.05) is 39.3 Å². The summed E-state index contributed by atoms with van der Waals surface area (Å²) in [5.41, 5.74) is 1.17. The number of likely N-dealkylation sites (N-methyl/N-ethyl adjacent to an activating group) is 1. The van der Waals surface area contributed by atoms with Crippen molar-refractivity contribution < 1.29 is 27.4 Å². The zero-order chi connectivity index (χ0) is 25.2. The Balaban J connectivity index is 1.97. The highest BCUT2D eigenvalue weighted by Gasteiger charge is 2.35. The average Bonchev–Trinajstić information content (AvgIpc) is 2.80. The van der Waals surface area contributed by atoms with Crippen LogP contribution in [0.3, 0.4) is 0 Å². The maximum atomic E-state index is 13.4. The normalized spacial score (nSPS) is 19.8. The lowest BCUT2D eigenvalue weighted by Gasteiger charge is -2.38. The second-order valence-corrected chi connectivity index (χ2v) is 11.0. The maximum absolute atomic E-state index is 13.4. The second-order valence-electron chi connectivity index (χ2n) is 8.94. The lowest BCUT2D eigenvalue weighted by atomic mass is 9.99. The quantitative estimate of drug-likeness (QED) is 0.637. The molecular formula is C24H32FN3O5S. The number of hydrogen-bond donors (Lipinski definition) is 1. The van der Waals surface area contributed by atoms with Gasteiger partial charge in [-0.15, -0.1) is 0 Å². The second kappa shape index (κ2) is 10.3. The van der Waals surface area contributed by atoms with Gasteiger partial charge in [-0.05, 0) is 49.4 Å². The summed E-state index contributed by atoms with van der Waals surface area (Å²) in [6, 6.07) is 9.52. The molecule has 3 atom stereocenters. The van der Waals surface area contributed by atoms with Crippen molar-refractivity contribution in [2.24, 2.45) is 5.92 Å². The van der Waals surface area contributed by atoms with Crippen LogP contribution >= 0.6 is 0 Å². The van der Waals surface area contributed by atoms with Gasteiger partial charge in [0.1, 0.15) is 17.7 Å². The van der Waals surface area contributed by atoms with E-state index in [0.29, 0.717) is 11.3 Å². The number of hydrogen-bond acceptors (Lipinski definition) is 6. The third-order valence-corrected chi connectivity index (χ3v) is 7.96. The molecule has 0 aromatic heterocycles. The Morgan fingerprint density at radius 2 is 1.82 bits per heavy atom. The van der Waals surface area contributed by atoms with Gasteiger partial charge in [0.2, 0.25) is 10.0 Å². The van der Waals surface area contributed by atoms with E-state index in [4.69, 9.17) is 4.74 Å². The van der Waals surface area contributed by atoms with Crippen LogP contribution in [-0.2, 0) is 10.0 Å². The monoisotopic (exact) mass is 493 g/mol. The van der Waals surface area contributed by atoms with Gasteiger partial charge >= 0.3 is 0 Å². The first kappa shape index (κ1) is 25.9. The number of aliphatic hydroxyl groups excluding tert-OH is 1. The van der Waals surface area contributed by atoms with Gasteiger partial charge in [-0.25, -0.2) is 12.8 Å². The minimum Gasteiger partial charge on any atom is -0.488 e. The lowest BCUT2D eigenvalue weighted by Crippen LogP contribution is -2.50. The van der Waals surface area contributed by atoms with E-state index in [1.165, 1.54) is 23.5 Å². The summed E-state index contributed by atoms with van der Waals surface area (Å²) < 4.78 is 46.8. The molecule has 0 saturated carbocycles. The minimum absolute atomic E-state index is 0.0170. The summed E-state index contributed by atoms with van der Waals surface area (Å²) in [5.74, 6) is -0.659. The molecule has 34 heavy (non-hydrogen) atoms. The van der Waals surface area contributed by atoms with E-state index < -0.39 is 28.0 Å². The van der Waals surface area contributed by atoms with Crippen LogP contribution in [0.2, 0.25) is 0 Å². The molecule has 0 aliphatic carbocycles. The molecule has 0 spiro atoms. The van der Waals surface area contributed by atoms with Crippen LogP contribution < -0.4 is 9.64 Å². The molecule has 10 heteroatoms. The number of halogens is 1. The highest BCUT2D eigenvalue weighted by Crippen LogP contribution is 2.31. The number of aliphatic hydroxyl groups is 1. The Labute approximate surface area is 200 Å². The Hall–Kier alpha value is -2.69. The first-order chi connectivity index (χ1) is 15.9. The van der Waals surface area contributed by atoms with Crippen molar-refractivity contribution in [2.75, 3.05) is 45.7 Å². The van der Waals surface area contributed by atoms with E-state index in [1.54, 1.807) is 24.0 Å². The van der Waals surface area contributed by atoms with Crippen LogP contribution in [0.1, 0.15) is 24.2 Å². The predicted octanol–water partition coefficient (Wildman–Crippen LogP) is 2.43. The predicted molar refractivity (Wildman–Crippen MR) is 128 cm³/mol. The van der Waals surface area contributed by atoms with Crippen molar-refractivity contribution in [3.8, 4) is 5.75 Å². The number of anilines is 1. The maximum Gasteiger partial charge on any atom is 0.258 e. The summed E-state index contributed by atoms with van der Waals surface area (Å²) in [4.78, 5) is 16.8. The third kappa shape index (κ3) is 5.34. The third-order valence-electron chi connectivity index (χ3n) is 6.12. The van der Waals surface area contributed by atoms with Crippen molar-refractivity contribution in [1.82, 2.24) is 9.21 Å². The molecule has 0 unspecified atom stereocenters. The molecule has 1 aliphatic rings. The van der Waals surface area contributed by atoms with Crippen molar-refractivity contribution >= 4 is 21.6 Å². The van der Waals surface area contributed by atoms with Gasteiger partial charge in [0.15, 0.2) is 0 Å². The first-order valence-electron chi connectivity index (χ1n) is 11.1. The summed E-state index contributed by atoms with van der Waals surface area (Å²) in [7, 11) is 1.30. The van der Waals surface area contributed by atoms with Gasteiger partial charge in [0.05, 0.1) is 29.7 Å². The van der Waals surface area contributed by atoms with Crippen LogP contribution in [-0.4, -0.2) is 81.6 Å². The number of benzene rings is 2. The fourth-order valence-electron chi connectivity index (χ4n) is 3.84. The molecular weight excluding hydrogens is 461 g/mol. The summed E-state index contributed by atoms with van der Waals surface area (Å²) in [5, 5.41) is 9.76. The van der Waals surface area contributed by atoms with Gasteiger partial charge in [-0.1, -0.05) is 6.92 Å². The Morgan fingerprint density at radius 3 is 2.41 bits per heavy atom. The van der Waals surface area contributed by atoms with Crippen LogP contribution in [0.25, 0.3) is 0 Å². The highest BCUT2D eigenvalue weighted by atomic mass is 32.2. The fourth-order valence-corrected chi connectivity index (χ4v) is 5.03. The Kier molecular flexibility index (Phi) is 7.84. The number of nitrogens with zero attached hydrogens (tertiary/aromatic N) is 3. The number of amides is 1. The molecule has 2 aromatic carbocycles. The molecule has 0 bridgehead atoms. The van der Waals surface area contributed by atoms with E-state index >= 15 is 0 Å². The molecule has 2 aromatic rings. The van der Waals surface area contributed by atoms with Crippen LogP contribution in [0.5, 0.6) is 5.75 Å². The molecule has 0 radical (unpaired) electrons. The standard InChI is InChI=1S/C24H32FN3O5S/c1-16-13-28(17(2)15-29)24(30)21-12-19(26(3)4)8-11-22(21)33-23(16)14-27(5)34(31,32)20-9-6-18(25)7-10-20/h6-12,16-17,23,29H,13-15H2,1-5H3/t16-,17-,23+/m0/s1. The van der Waals surface area contributed by atoms with Crippen LogP contribution in [0.15, 0.2) is 47.4 Å². The van der Waals surface area contributed by atoms with E-state index in [0.717, 1.165) is 17.8 Å². The number of ether oxygens (including phenoxy) is 1. The molecule has 1 heterocycles. The SMILES string of the molecule is C[C@H]1CN([C@@H](C)CO)C(=O)c2cc(N(C)C)ccc2O[C@@H]1CN(C)S(=O)(=O)c1ccc(F)cc1. The van der Waals surface area contributed by atoms with Crippen LogP contribution in [0.4, 0.5) is 10.1 Å². The minimum atomic E-state index is -3.88. The number of carbonyl (C=O) groups is 1. The molecule has 1 aliphatic heterocycles. The first-order valence-corrected chi connectivity index (χ1v) is 12.5. The average molecular weight is 494 g/mol. The van der Waals surface area contributed by atoms with E-state index in [2.05, 4.69) is 0 Å². The van der Waals surface area contributed by atoms with Crippen molar-refractivity contribution in [2.45, 2.75) is 30.9 Å². The molecule has 3 rings (SSSR count). The van der Waals surface area contributed by atoms with Gasteiger partial charge in [0.25, 0.3) is 5.91 Å². The van der Waals surface area contributed by atoms with Crippen molar-refractivity contribution in [3.63, 3.8) is 0 Å². The zero-order valence-corrected chi connectivity index (χ0v) is 20.9. The fraction of sp³-hybridized carbons (Fsp3) is 0.458. The molecule has 0 saturated heterocycles. The zero-order valence-electron chi connectivity index (χ0n) is 20.1. The molecule has 1 N–H and O–H groups in total. The van der Waals surface area contributed by atoms with Crippen molar-refractivity contribution in [1.29, 1.82) is 0 Å². The van der Waals surface area contributed by atoms with E-state index in [-0.39, 0.29) is 36.4 Å². The van der Waals surface area contributed by atoms with Gasteiger partial charge in [-0.3, -0.25) is 4.79 Å². The highest BCUT2D eigenvalue weighted by molar-refractivity contribution is 7.89. The molecule has 8 nitrogen and oxygen atoms in total. The summed E-state index contributed by atoms with van der Waals surface area (Å²) in [6.07, 6.45) is -0.578. The van der Waals surface area contributed by atoms with Gasteiger partial charge < -0.3 is 19.6 Å². The Morgan fingerprint density at radius 1 is 1.18 bits per heavy atom. The number of sulfonamides is 1. The van der Waals surface area contributed by atoms with Crippen LogP contribution in [0, 0.1) is 11.7 Å². The number of rotatable bonds is 7. The number of carbonyl (C=O) groups excluding carboxylic acids is 1. The molecule has 186 valence electrons. The summed E-state index contributed by atoms with van der Waals surface area (Å²) >= 11 is 0. The topological polar surface area (TPSA) is 90.4 Å².